The molecule has 0 bridgehead atoms. The molecule has 21 heavy (non-hydrogen) atoms. The molecular formula is C16H30N2O3. The molecule has 0 aromatic heterocycles. The Kier molecular flexibility index (Phi) is 8.16. The van der Waals surface area contributed by atoms with Crippen molar-refractivity contribution < 1.29 is 14.3 Å². The molecule has 1 saturated heterocycles. The highest BCUT2D eigenvalue weighted by atomic mass is 16.5. The lowest BCUT2D eigenvalue weighted by Gasteiger charge is -2.31. The number of rotatable bonds is 7. The summed E-state index contributed by atoms with van der Waals surface area (Å²) in [6, 6.07) is 0.216. The molecule has 2 amide bonds. The molecule has 5 heteroatoms. The van der Waals surface area contributed by atoms with Crippen molar-refractivity contribution in [3.05, 3.63) is 0 Å². The number of hydrogen-bond donors (Lipinski definition) is 1. The number of carbonyl (C=O) groups is 2. The van der Waals surface area contributed by atoms with E-state index in [9.17, 15) is 9.59 Å². The molecule has 122 valence electrons. The lowest BCUT2D eigenvalue weighted by atomic mass is 9.97. The topological polar surface area (TPSA) is 58.6 Å². The van der Waals surface area contributed by atoms with Gasteiger partial charge in [0.25, 0.3) is 0 Å². The Labute approximate surface area is 128 Å². The van der Waals surface area contributed by atoms with Crippen molar-refractivity contribution in [1.82, 2.24) is 10.2 Å². The predicted molar refractivity (Wildman–Crippen MR) is 83.1 cm³/mol. The first-order chi connectivity index (χ1) is 10.1. The molecule has 1 heterocycles. The van der Waals surface area contributed by atoms with E-state index in [-0.39, 0.29) is 24.0 Å². The van der Waals surface area contributed by atoms with E-state index in [4.69, 9.17) is 4.74 Å². The Morgan fingerprint density at radius 3 is 2.48 bits per heavy atom. The summed E-state index contributed by atoms with van der Waals surface area (Å²) < 4.78 is 5.04. The van der Waals surface area contributed by atoms with Crippen molar-refractivity contribution in [2.45, 2.75) is 65.3 Å². The van der Waals surface area contributed by atoms with E-state index in [0.717, 1.165) is 12.8 Å². The molecule has 0 spiro atoms. The summed E-state index contributed by atoms with van der Waals surface area (Å²) in [5, 5.41) is 3.05. The summed E-state index contributed by atoms with van der Waals surface area (Å²) in [6.07, 6.45) is 6.00. The van der Waals surface area contributed by atoms with Gasteiger partial charge in [0.15, 0.2) is 0 Å². The van der Waals surface area contributed by atoms with Crippen molar-refractivity contribution in [2.24, 2.45) is 5.92 Å². The number of unbranched alkanes of at least 4 members (excludes halogenated alkanes) is 2. The first-order valence-electron chi connectivity index (χ1n) is 8.30. The molecule has 0 aromatic carbocycles. The fourth-order valence-electron chi connectivity index (χ4n) is 2.65. The Morgan fingerprint density at radius 2 is 1.90 bits per heavy atom. The molecule has 1 N–H and O–H groups in total. The van der Waals surface area contributed by atoms with Crippen LogP contribution in [0, 0.1) is 5.92 Å². The summed E-state index contributed by atoms with van der Waals surface area (Å²) >= 11 is 0. The fraction of sp³-hybridized carbons (Fsp3) is 0.875. The number of carbonyl (C=O) groups excluding carboxylic acids is 2. The number of nitrogens with zero attached hydrogens (tertiary/aromatic N) is 1. The third kappa shape index (κ3) is 6.36. The van der Waals surface area contributed by atoms with E-state index in [2.05, 4.69) is 19.2 Å². The second-order valence-corrected chi connectivity index (χ2v) is 5.86. The Bertz CT molecular complexity index is 325. The fourth-order valence-corrected chi connectivity index (χ4v) is 2.65. The van der Waals surface area contributed by atoms with Crippen LogP contribution in [0.3, 0.4) is 0 Å². The second-order valence-electron chi connectivity index (χ2n) is 5.86. The SMILES string of the molecule is CCCCCC(C)NC(=O)N1CCC(C(=O)OCC)CC1. The molecule has 0 radical (unpaired) electrons. The highest BCUT2D eigenvalue weighted by Gasteiger charge is 2.28. The van der Waals surface area contributed by atoms with Crippen molar-refractivity contribution in [2.75, 3.05) is 19.7 Å². The maximum Gasteiger partial charge on any atom is 0.317 e. The number of amides is 2. The van der Waals surface area contributed by atoms with Crippen molar-refractivity contribution in [1.29, 1.82) is 0 Å². The van der Waals surface area contributed by atoms with Crippen LogP contribution in [-0.2, 0) is 9.53 Å². The summed E-state index contributed by atoms with van der Waals surface area (Å²) in [7, 11) is 0. The van der Waals surface area contributed by atoms with E-state index in [1.807, 2.05) is 11.8 Å². The molecular weight excluding hydrogens is 268 g/mol. The predicted octanol–water partition coefficient (Wildman–Crippen LogP) is 2.94. The number of likely N-dealkylation sites (tertiary alicyclic amines) is 1. The zero-order valence-corrected chi connectivity index (χ0v) is 13.7. The molecule has 1 rings (SSSR count). The number of piperidine rings is 1. The average Bonchev–Trinajstić information content (AvgIpc) is 2.48. The van der Waals surface area contributed by atoms with Gasteiger partial charge in [0.1, 0.15) is 0 Å². The monoisotopic (exact) mass is 298 g/mol. The van der Waals surface area contributed by atoms with Gasteiger partial charge in [0.2, 0.25) is 0 Å². The van der Waals surface area contributed by atoms with Gasteiger partial charge in [-0.15, -0.1) is 0 Å². The molecule has 1 aliphatic heterocycles. The molecule has 1 aliphatic rings. The molecule has 1 unspecified atom stereocenters. The van der Waals surface area contributed by atoms with E-state index in [1.54, 1.807) is 0 Å². The molecule has 0 aliphatic carbocycles. The summed E-state index contributed by atoms with van der Waals surface area (Å²) in [5.41, 5.74) is 0. The van der Waals surface area contributed by atoms with E-state index >= 15 is 0 Å². The maximum absolute atomic E-state index is 12.1. The standard InChI is InChI=1S/C16H30N2O3/c1-4-6-7-8-13(3)17-16(20)18-11-9-14(10-12-18)15(19)21-5-2/h13-14H,4-12H2,1-3H3,(H,17,20). The van der Waals surface area contributed by atoms with E-state index in [0.29, 0.717) is 32.5 Å². The summed E-state index contributed by atoms with van der Waals surface area (Å²) in [4.78, 5) is 25.6. The first kappa shape index (κ1) is 17.8. The number of hydrogen-bond acceptors (Lipinski definition) is 3. The lowest BCUT2D eigenvalue weighted by Crippen LogP contribution is -2.48. The molecule has 1 atom stereocenters. The average molecular weight is 298 g/mol. The first-order valence-corrected chi connectivity index (χ1v) is 8.30. The van der Waals surface area contributed by atoms with Gasteiger partial charge in [-0.1, -0.05) is 26.2 Å². The van der Waals surface area contributed by atoms with Gasteiger partial charge in [-0.25, -0.2) is 4.79 Å². The third-order valence-electron chi connectivity index (χ3n) is 4.01. The van der Waals surface area contributed by atoms with Crippen molar-refractivity contribution in [3.63, 3.8) is 0 Å². The van der Waals surface area contributed by atoms with Crippen LogP contribution in [0.5, 0.6) is 0 Å². The van der Waals surface area contributed by atoms with Crippen molar-refractivity contribution in [3.8, 4) is 0 Å². The number of ether oxygens (including phenoxy) is 1. The minimum atomic E-state index is -0.120. The van der Waals surface area contributed by atoms with E-state index < -0.39 is 0 Å². The number of nitrogens with one attached hydrogen (secondary N) is 1. The van der Waals surface area contributed by atoms with Gasteiger partial charge < -0.3 is 15.0 Å². The van der Waals surface area contributed by atoms with Crippen LogP contribution in [0.1, 0.15) is 59.3 Å². The van der Waals surface area contributed by atoms with Crippen LogP contribution in [-0.4, -0.2) is 42.6 Å². The van der Waals surface area contributed by atoms with Crippen LogP contribution in [0.15, 0.2) is 0 Å². The summed E-state index contributed by atoms with van der Waals surface area (Å²) in [5.74, 6) is -0.165. The smallest absolute Gasteiger partial charge is 0.317 e. The van der Waals surface area contributed by atoms with Crippen molar-refractivity contribution >= 4 is 12.0 Å². The quantitative estimate of drug-likeness (QED) is 0.581. The second kappa shape index (κ2) is 9.64. The molecule has 0 aromatic rings. The third-order valence-corrected chi connectivity index (χ3v) is 4.01. The Balaban J connectivity index is 2.26. The van der Waals surface area contributed by atoms with Crippen LogP contribution < -0.4 is 5.32 Å². The Morgan fingerprint density at radius 1 is 1.24 bits per heavy atom. The van der Waals surface area contributed by atoms with Crippen LogP contribution in [0.4, 0.5) is 4.79 Å². The summed E-state index contributed by atoms with van der Waals surface area (Å²) in [6.45, 7) is 7.75. The zero-order chi connectivity index (χ0) is 15.7. The van der Waals surface area contributed by atoms with Crippen LogP contribution >= 0.6 is 0 Å². The van der Waals surface area contributed by atoms with E-state index in [1.165, 1.54) is 12.8 Å². The van der Waals surface area contributed by atoms with Gasteiger partial charge in [0.05, 0.1) is 12.5 Å². The molecule has 0 saturated carbocycles. The number of esters is 1. The van der Waals surface area contributed by atoms with Gasteiger partial charge in [-0.05, 0) is 33.1 Å². The zero-order valence-electron chi connectivity index (χ0n) is 13.7. The number of urea groups is 1. The van der Waals surface area contributed by atoms with Gasteiger partial charge in [-0.3, -0.25) is 4.79 Å². The minimum Gasteiger partial charge on any atom is -0.466 e. The van der Waals surface area contributed by atoms with Gasteiger partial charge in [0, 0.05) is 19.1 Å². The normalized spacial score (nSPS) is 17.4. The van der Waals surface area contributed by atoms with Crippen LogP contribution in [0.2, 0.25) is 0 Å². The largest absolute Gasteiger partial charge is 0.466 e. The van der Waals surface area contributed by atoms with Gasteiger partial charge in [-0.2, -0.15) is 0 Å². The molecule has 1 fully saturated rings. The molecule has 5 nitrogen and oxygen atoms in total. The maximum atomic E-state index is 12.1. The lowest BCUT2D eigenvalue weighted by molar-refractivity contribution is -0.149. The highest BCUT2D eigenvalue weighted by Crippen LogP contribution is 2.18. The van der Waals surface area contributed by atoms with Crippen LogP contribution in [0.25, 0.3) is 0 Å². The highest BCUT2D eigenvalue weighted by molar-refractivity contribution is 5.76. The minimum absolute atomic E-state index is 0.00121. The Hall–Kier alpha value is -1.26. The van der Waals surface area contributed by atoms with Gasteiger partial charge >= 0.3 is 12.0 Å².